The topological polar surface area (TPSA) is 135 Å². The van der Waals surface area contributed by atoms with Crippen molar-refractivity contribution in [2.75, 3.05) is 0 Å². The van der Waals surface area contributed by atoms with E-state index in [2.05, 4.69) is 15.1 Å². The van der Waals surface area contributed by atoms with Gasteiger partial charge in [0.1, 0.15) is 10.5 Å². The zero-order chi connectivity index (χ0) is 19.8. The molecular weight excluding hydrogens is 378 g/mol. The molecule has 28 heavy (non-hydrogen) atoms. The summed E-state index contributed by atoms with van der Waals surface area (Å²) in [5, 5.41) is 12.9. The molecule has 4 heterocycles. The Hall–Kier alpha value is -3.53. The Bertz CT molecular complexity index is 1360. The lowest BCUT2D eigenvalue weighted by molar-refractivity contribution is 0.639. The molecule has 4 rings (SSSR count). The highest BCUT2D eigenvalue weighted by atomic mass is 32.1. The van der Waals surface area contributed by atoms with Gasteiger partial charge in [0.05, 0.1) is 17.4 Å². The van der Waals surface area contributed by atoms with E-state index in [0.29, 0.717) is 28.8 Å². The number of hydrogen-bond donors (Lipinski definition) is 3. The Labute approximate surface area is 162 Å². The first kappa shape index (κ1) is 17.9. The summed E-state index contributed by atoms with van der Waals surface area (Å²) in [7, 11) is 1.78. The predicted octanol–water partition coefficient (Wildman–Crippen LogP) is 1.12. The molecule has 0 aromatic carbocycles. The van der Waals surface area contributed by atoms with E-state index in [1.165, 1.54) is 22.1 Å². The van der Waals surface area contributed by atoms with Crippen LogP contribution >= 0.6 is 11.3 Å². The first-order valence-corrected chi connectivity index (χ1v) is 9.27. The molecule has 0 fully saturated rings. The maximum Gasteiger partial charge on any atom is 0.291 e. The van der Waals surface area contributed by atoms with Gasteiger partial charge in [0.15, 0.2) is 5.65 Å². The van der Waals surface area contributed by atoms with E-state index in [1.54, 1.807) is 36.1 Å². The number of allylic oxidation sites excluding steroid dienone is 2. The van der Waals surface area contributed by atoms with Crippen LogP contribution in [0.3, 0.4) is 0 Å². The van der Waals surface area contributed by atoms with Gasteiger partial charge >= 0.3 is 0 Å². The number of thiazole rings is 1. The summed E-state index contributed by atoms with van der Waals surface area (Å²) in [6.07, 6.45) is 6.29. The third kappa shape index (κ3) is 2.93. The monoisotopic (exact) mass is 395 g/mol. The van der Waals surface area contributed by atoms with Gasteiger partial charge in [-0.1, -0.05) is 6.07 Å². The number of nitrogens with one attached hydrogen (secondary N) is 2. The fourth-order valence-corrected chi connectivity index (χ4v) is 4.24. The Morgan fingerprint density at radius 1 is 1.43 bits per heavy atom. The van der Waals surface area contributed by atoms with Gasteiger partial charge in [0.2, 0.25) is 0 Å². The smallest absolute Gasteiger partial charge is 0.291 e. The zero-order valence-corrected chi connectivity index (χ0v) is 15.8. The molecule has 0 saturated heterocycles. The van der Waals surface area contributed by atoms with Gasteiger partial charge in [-0.05, 0) is 12.1 Å². The molecule has 4 aromatic rings. The van der Waals surface area contributed by atoms with Gasteiger partial charge in [-0.2, -0.15) is 5.10 Å². The van der Waals surface area contributed by atoms with Crippen LogP contribution in [0.2, 0.25) is 0 Å². The minimum Gasteiger partial charge on any atom is -0.402 e. The molecule has 4 N–H and O–H groups in total. The molecule has 0 bridgehead atoms. The second-order valence-electron chi connectivity index (χ2n) is 6.30. The number of aryl methyl sites for hydroxylation is 1. The number of aromatic amines is 1. The quantitative estimate of drug-likeness (QED) is 0.435. The number of pyridine rings is 1. The number of nitrogens with two attached hydrogens (primary N) is 1. The van der Waals surface area contributed by atoms with E-state index >= 15 is 0 Å². The van der Waals surface area contributed by atoms with Crippen LogP contribution in [0.1, 0.15) is 10.6 Å². The lowest BCUT2D eigenvalue weighted by atomic mass is 10.3. The molecule has 10 heteroatoms. The normalized spacial score (nSPS) is 12.1. The number of nitrogens with zero attached hydrogens (tertiary/aromatic N) is 4. The summed E-state index contributed by atoms with van der Waals surface area (Å²) in [6, 6.07) is 3.38. The highest BCUT2D eigenvalue weighted by molar-refractivity contribution is 7.19. The molecule has 0 amide bonds. The third-order valence-electron chi connectivity index (χ3n) is 4.44. The van der Waals surface area contributed by atoms with E-state index in [4.69, 9.17) is 11.1 Å². The predicted molar refractivity (Wildman–Crippen MR) is 109 cm³/mol. The van der Waals surface area contributed by atoms with Crippen LogP contribution in [0.25, 0.3) is 21.3 Å². The summed E-state index contributed by atoms with van der Waals surface area (Å²) in [4.78, 5) is 32.1. The maximum atomic E-state index is 13.0. The van der Waals surface area contributed by atoms with Crippen molar-refractivity contribution in [2.45, 2.75) is 13.0 Å². The molecule has 0 aliphatic heterocycles. The number of rotatable bonds is 5. The van der Waals surface area contributed by atoms with Crippen molar-refractivity contribution in [1.29, 1.82) is 5.41 Å². The van der Waals surface area contributed by atoms with Crippen LogP contribution in [0.15, 0.2) is 45.9 Å². The van der Waals surface area contributed by atoms with Crippen molar-refractivity contribution in [2.24, 2.45) is 12.8 Å². The zero-order valence-electron chi connectivity index (χ0n) is 15.0. The molecule has 0 aliphatic carbocycles. The van der Waals surface area contributed by atoms with Crippen LogP contribution in [0.4, 0.5) is 0 Å². The number of H-pyrrole nitrogens is 1. The number of hydrogen-bond acceptors (Lipinski definition) is 7. The molecule has 4 aromatic heterocycles. The van der Waals surface area contributed by atoms with E-state index < -0.39 is 0 Å². The molecule has 0 spiro atoms. The second kappa shape index (κ2) is 6.89. The van der Waals surface area contributed by atoms with Crippen LogP contribution in [0, 0.1) is 5.41 Å². The summed E-state index contributed by atoms with van der Waals surface area (Å²) < 4.78 is 3.89. The van der Waals surface area contributed by atoms with Crippen LogP contribution in [-0.4, -0.2) is 30.5 Å². The van der Waals surface area contributed by atoms with Gasteiger partial charge in [-0.3, -0.25) is 9.59 Å². The van der Waals surface area contributed by atoms with Gasteiger partial charge in [0, 0.05) is 42.5 Å². The SMILES string of the molecule is Cn1c2nc(CC(N)=CC=N)sc2c2cnn(Cc3ccc[nH]c3=O)c(=O)c21. The van der Waals surface area contributed by atoms with E-state index in [0.717, 1.165) is 21.3 Å². The number of aromatic nitrogens is 5. The number of fused-ring (bicyclic) bond motifs is 3. The van der Waals surface area contributed by atoms with Crippen molar-refractivity contribution in [3.8, 4) is 0 Å². The van der Waals surface area contributed by atoms with Gasteiger partial charge in [0.25, 0.3) is 11.1 Å². The molecular formula is C18H17N7O2S. The largest absolute Gasteiger partial charge is 0.402 e. The highest BCUT2D eigenvalue weighted by Gasteiger charge is 2.18. The summed E-state index contributed by atoms with van der Waals surface area (Å²) in [5.41, 5.74) is 7.53. The standard InChI is InChI=1S/C18H17N7O2S/c1-24-14-12(15-16(24)23-13(28-15)7-11(20)4-5-19)8-22-25(18(14)27)9-10-3-2-6-21-17(10)26/h2-6,8,19H,7,9,20H2,1H3,(H,21,26). The molecule has 0 atom stereocenters. The van der Waals surface area contributed by atoms with Crippen molar-refractivity contribution in [1.82, 2.24) is 24.3 Å². The fraction of sp³-hybridized carbons (Fsp3) is 0.167. The highest BCUT2D eigenvalue weighted by Crippen LogP contribution is 2.31. The molecule has 0 radical (unpaired) electrons. The van der Waals surface area contributed by atoms with E-state index in [9.17, 15) is 9.59 Å². The van der Waals surface area contributed by atoms with E-state index in [-0.39, 0.29) is 17.7 Å². The third-order valence-corrected chi connectivity index (χ3v) is 5.52. The Morgan fingerprint density at radius 3 is 3.00 bits per heavy atom. The van der Waals surface area contributed by atoms with E-state index in [1.807, 2.05) is 0 Å². The molecule has 0 saturated carbocycles. The Balaban J connectivity index is 1.81. The van der Waals surface area contributed by atoms with Gasteiger partial charge in [-0.25, -0.2) is 9.67 Å². The van der Waals surface area contributed by atoms with Crippen LogP contribution in [0.5, 0.6) is 0 Å². The maximum absolute atomic E-state index is 13.0. The fourth-order valence-electron chi connectivity index (χ4n) is 3.10. The van der Waals surface area contributed by atoms with Crippen molar-refractivity contribution >= 4 is 38.8 Å². The van der Waals surface area contributed by atoms with Gasteiger partial charge in [-0.15, -0.1) is 11.3 Å². The Morgan fingerprint density at radius 2 is 2.25 bits per heavy atom. The minimum absolute atomic E-state index is 0.0907. The molecule has 0 aliphatic rings. The first-order chi connectivity index (χ1) is 13.5. The Kier molecular flexibility index (Phi) is 4.40. The van der Waals surface area contributed by atoms with Crippen LogP contribution in [-0.2, 0) is 20.0 Å². The molecule has 0 unspecified atom stereocenters. The van der Waals surface area contributed by atoms with Crippen LogP contribution < -0.4 is 16.9 Å². The summed E-state index contributed by atoms with van der Waals surface area (Å²) in [5.74, 6) is 0. The van der Waals surface area contributed by atoms with Crippen molar-refractivity contribution in [3.05, 3.63) is 67.6 Å². The van der Waals surface area contributed by atoms with Crippen molar-refractivity contribution in [3.63, 3.8) is 0 Å². The minimum atomic E-state index is -0.279. The summed E-state index contributed by atoms with van der Waals surface area (Å²) >= 11 is 1.45. The van der Waals surface area contributed by atoms with Crippen molar-refractivity contribution < 1.29 is 0 Å². The lowest BCUT2D eigenvalue weighted by Crippen LogP contribution is -2.27. The first-order valence-electron chi connectivity index (χ1n) is 8.45. The van der Waals surface area contributed by atoms with Gasteiger partial charge < -0.3 is 20.7 Å². The summed E-state index contributed by atoms with van der Waals surface area (Å²) in [6.45, 7) is 0.0907. The lowest BCUT2D eigenvalue weighted by Gasteiger charge is -2.05. The average molecular weight is 395 g/mol. The molecule has 142 valence electrons. The average Bonchev–Trinajstić information content (AvgIpc) is 3.18. The second-order valence-corrected chi connectivity index (χ2v) is 7.38. The molecule has 9 nitrogen and oxygen atoms in total.